The van der Waals surface area contributed by atoms with Gasteiger partial charge in [0.05, 0.1) is 17.2 Å². The van der Waals surface area contributed by atoms with E-state index in [9.17, 15) is 4.79 Å². The predicted octanol–water partition coefficient (Wildman–Crippen LogP) is 2.25. The summed E-state index contributed by atoms with van der Waals surface area (Å²) in [6, 6.07) is 8.03. The number of amides is 1. The van der Waals surface area contributed by atoms with E-state index in [0.717, 1.165) is 65.6 Å². The molecule has 1 N–H and O–H groups in total. The molecule has 1 fully saturated rings. The van der Waals surface area contributed by atoms with Crippen LogP contribution in [0, 0.1) is 0 Å². The summed E-state index contributed by atoms with van der Waals surface area (Å²) in [4.78, 5) is 29.0. The Hall–Kier alpha value is -3.75. The zero-order chi connectivity index (χ0) is 21.2. The highest BCUT2D eigenvalue weighted by Gasteiger charge is 2.48. The molecule has 4 aromatic rings. The topological polar surface area (TPSA) is 93.8 Å². The molecular weight excluding hydrogens is 392 g/mol. The number of hydrogen-bond donors (Lipinski definition) is 1. The fraction of sp³-hybridized carbons (Fsp3) is 0.318. The van der Waals surface area contributed by atoms with Crippen molar-refractivity contribution in [1.29, 1.82) is 0 Å². The SMILES string of the molecule is Cn1cc(-c2nc3c(N4CCC5(CC4)C(=O)Nc4ccccc45)ncnc3n2C)cn1. The first-order valence-corrected chi connectivity index (χ1v) is 10.4. The summed E-state index contributed by atoms with van der Waals surface area (Å²) in [7, 11) is 3.84. The maximum absolute atomic E-state index is 12.9. The molecule has 2 aliphatic heterocycles. The van der Waals surface area contributed by atoms with Gasteiger partial charge >= 0.3 is 0 Å². The van der Waals surface area contributed by atoms with Gasteiger partial charge in [-0.15, -0.1) is 0 Å². The van der Waals surface area contributed by atoms with Crippen LogP contribution in [0.25, 0.3) is 22.6 Å². The van der Waals surface area contributed by atoms with Crippen LogP contribution in [-0.4, -0.2) is 48.3 Å². The number of aryl methyl sites for hydroxylation is 2. The maximum Gasteiger partial charge on any atom is 0.235 e. The standard InChI is InChI=1S/C22H22N8O/c1-28-12-14(11-25-28)18-27-17-19(29(18)2)23-13-24-20(17)30-9-7-22(8-10-30)15-5-3-4-6-16(15)26-21(22)31/h3-6,11-13H,7-10H2,1-2H3,(H,26,31). The molecular formula is C22H22N8O. The van der Waals surface area contributed by atoms with E-state index in [4.69, 9.17) is 4.98 Å². The van der Waals surface area contributed by atoms with Gasteiger partial charge in [-0.2, -0.15) is 5.10 Å². The summed E-state index contributed by atoms with van der Waals surface area (Å²) in [6.45, 7) is 1.46. The van der Waals surface area contributed by atoms with Crippen LogP contribution in [0.3, 0.4) is 0 Å². The summed E-state index contributed by atoms with van der Waals surface area (Å²) in [5.41, 5.74) is 4.10. The molecule has 0 bridgehead atoms. The number of nitrogens with one attached hydrogen (secondary N) is 1. The number of imidazole rings is 1. The van der Waals surface area contributed by atoms with Gasteiger partial charge in [0.2, 0.25) is 5.91 Å². The first-order valence-electron chi connectivity index (χ1n) is 10.4. The van der Waals surface area contributed by atoms with E-state index in [2.05, 4.69) is 31.3 Å². The molecule has 0 unspecified atom stereocenters. The smallest absolute Gasteiger partial charge is 0.235 e. The van der Waals surface area contributed by atoms with E-state index in [-0.39, 0.29) is 5.91 Å². The number of nitrogens with zero attached hydrogens (tertiary/aromatic N) is 7. The highest BCUT2D eigenvalue weighted by atomic mass is 16.2. The first kappa shape index (κ1) is 18.1. The van der Waals surface area contributed by atoms with Crippen molar-refractivity contribution in [2.75, 3.05) is 23.3 Å². The average molecular weight is 414 g/mol. The van der Waals surface area contributed by atoms with Crippen molar-refractivity contribution in [3.8, 4) is 11.4 Å². The monoisotopic (exact) mass is 414 g/mol. The van der Waals surface area contributed by atoms with Crippen LogP contribution in [0.2, 0.25) is 0 Å². The van der Waals surface area contributed by atoms with Gasteiger partial charge in [0.15, 0.2) is 17.0 Å². The number of anilines is 2. The predicted molar refractivity (Wildman–Crippen MR) is 117 cm³/mol. The number of carbonyl (C=O) groups is 1. The van der Waals surface area contributed by atoms with Crippen LogP contribution in [0.4, 0.5) is 11.5 Å². The van der Waals surface area contributed by atoms with Crippen LogP contribution < -0.4 is 10.2 Å². The van der Waals surface area contributed by atoms with Gasteiger partial charge in [-0.3, -0.25) is 9.48 Å². The van der Waals surface area contributed by atoms with E-state index in [1.165, 1.54) is 0 Å². The molecule has 3 aromatic heterocycles. The molecule has 31 heavy (non-hydrogen) atoms. The highest BCUT2D eigenvalue weighted by Crippen LogP contribution is 2.45. The summed E-state index contributed by atoms with van der Waals surface area (Å²) < 4.78 is 3.74. The van der Waals surface area contributed by atoms with Crippen molar-refractivity contribution < 1.29 is 4.79 Å². The number of para-hydroxylation sites is 1. The van der Waals surface area contributed by atoms with Crippen molar-refractivity contribution >= 4 is 28.6 Å². The second kappa shape index (κ2) is 6.37. The van der Waals surface area contributed by atoms with Crippen molar-refractivity contribution in [2.45, 2.75) is 18.3 Å². The van der Waals surface area contributed by atoms with E-state index in [1.807, 2.05) is 43.1 Å². The van der Waals surface area contributed by atoms with Crippen molar-refractivity contribution in [2.24, 2.45) is 14.1 Å². The van der Waals surface area contributed by atoms with Gasteiger partial charge in [-0.1, -0.05) is 18.2 Å². The Morgan fingerprint density at radius 3 is 2.68 bits per heavy atom. The number of hydrogen-bond acceptors (Lipinski definition) is 6. The number of fused-ring (bicyclic) bond motifs is 3. The second-order valence-electron chi connectivity index (χ2n) is 8.34. The fourth-order valence-electron chi connectivity index (χ4n) is 4.98. The summed E-state index contributed by atoms with van der Waals surface area (Å²) in [5, 5.41) is 7.33. The molecule has 0 radical (unpaired) electrons. The average Bonchev–Trinajstić information content (AvgIpc) is 3.44. The van der Waals surface area contributed by atoms with Crippen LogP contribution in [0.5, 0.6) is 0 Å². The van der Waals surface area contributed by atoms with Gasteiger partial charge in [0.1, 0.15) is 12.2 Å². The highest BCUT2D eigenvalue weighted by molar-refractivity contribution is 6.06. The van der Waals surface area contributed by atoms with Gasteiger partial charge in [0.25, 0.3) is 0 Å². The van der Waals surface area contributed by atoms with E-state index >= 15 is 0 Å². The van der Waals surface area contributed by atoms with E-state index < -0.39 is 5.41 Å². The summed E-state index contributed by atoms with van der Waals surface area (Å²) in [6.07, 6.45) is 6.81. The molecule has 2 aliphatic rings. The Bertz CT molecular complexity index is 1330. The zero-order valence-electron chi connectivity index (χ0n) is 17.4. The molecule has 0 atom stereocenters. The lowest BCUT2D eigenvalue weighted by Gasteiger charge is -2.38. The molecule has 156 valence electrons. The minimum absolute atomic E-state index is 0.109. The van der Waals surface area contributed by atoms with Crippen LogP contribution in [-0.2, 0) is 24.3 Å². The number of aromatic nitrogens is 6. The zero-order valence-corrected chi connectivity index (χ0v) is 17.4. The van der Waals surface area contributed by atoms with Gasteiger partial charge < -0.3 is 14.8 Å². The molecule has 0 aliphatic carbocycles. The molecule has 6 rings (SSSR count). The largest absolute Gasteiger partial charge is 0.355 e. The second-order valence-corrected chi connectivity index (χ2v) is 8.34. The summed E-state index contributed by atoms with van der Waals surface area (Å²) >= 11 is 0. The third kappa shape index (κ3) is 2.52. The van der Waals surface area contributed by atoms with Crippen LogP contribution in [0.15, 0.2) is 43.0 Å². The van der Waals surface area contributed by atoms with Gasteiger partial charge in [0, 0.05) is 39.1 Å². The Morgan fingerprint density at radius 1 is 1.10 bits per heavy atom. The Balaban J connectivity index is 1.35. The minimum atomic E-state index is -0.454. The molecule has 0 saturated carbocycles. The van der Waals surface area contributed by atoms with Crippen LogP contribution in [0.1, 0.15) is 18.4 Å². The number of piperidine rings is 1. The van der Waals surface area contributed by atoms with Crippen molar-refractivity contribution in [3.05, 3.63) is 48.5 Å². The third-order valence-corrected chi connectivity index (χ3v) is 6.64. The molecule has 1 spiro atoms. The normalized spacial score (nSPS) is 17.4. The number of carbonyl (C=O) groups excluding carboxylic acids is 1. The lowest BCUT2D eigenvalue weighted by atomic mass is 9.73. The van der Waals surface area contributed by atoms with Crippen molar-refractivity contribution in [3.63, 3.8) is 0 Å². The van der Waals surface area contributed by atoms with Gasteiger partial charge in [-0.05, 0) is 24.5 Å². The van der Waals surface area contributed by atoms with Gasteiger partial charge in [-0.25, -0.2) is 15.0 Å². The minimum Gasteiger partial charge on any atom is -0.355 e. The number of rotatable bonds is 2. The molecule has 1 aromatic carbocycles. The Labute approximate surface area is 178 Å². The van der Waals surface area contributed by atoms with E-state index in [1.54, 1.807) is 17.2 Å². The number of benzene rings is 1. The fourth-order valence-corrected chi connectivity index (χ4v) is 4.98. The third-order valence-electron chi connectivity index (χ3n) is 6.64. The molecule has 1 amide bonds. The molecule has 5 heterocycles. The van der Waals surface area contributed by atoms with Crippen LogP contribution >= 0.6 is 0 Å². The summed E-state index contributed by atoms with van der Waals surface area (Å²) in [5.74, 6) is 1.73. The lowest BCUT2D eigenvalue weighted by Crippen LogP contribution is -2.46. The molecule has 9 heteroatoms. The lowest BCUT2D eigenvalue weighted by molar-refractivity contribution is -0.121. The maximum atomic E-state index is 12.9. The molecule has 1 saturated heterocycles. The quantitative estimate of drug-likeness (QED) is 0.541. The molecule has 9 nitrogen and oxygen atoms in total. The Kier molecular flexibility index (Phi) is 3.71. The van der Waals surface area contributed by atoms with E-state index in [0.29, 0.717) is 0 Å². The first-order chi connectivity index (χ1) is 15.1. The van der Waals surface area contributed by atoms with Crippen molar-refractivity contribution in [1.82, 2.24) is 29.3 Å². The Morgan fingerprint density at radius 2 is 1.90 bits per heavy atom.